The first-order valence-electron chi connectivity index (χ1n) is 13.4. The topological polar surface area (TPSA) is 71.1 Å². The van der Waals surface area contributed by atoms with Crippen molar-refractivity contribution in [2.45, 2.75) is 0 Å². The van der Waals surface area contributed by atoms with E-state index in [0.717, 1.165) is 33.0 Å². The van der Waals surface area contributed by atoms with Crippen LogP contribution in [0.2, 0.25) is 0 Å². The summed E-state index contributed by atoms with van der Waals surface area (Å²) in [4.78, 5) is 0. The first kappa shape index (κ1) is 25.0. The van der Waals surface area contributed by atoms with Gasteiger partial charge in [-0.1, -0.05) is 84.9 Å². The molecule has 8 rings (SSSR count). The van der Waals surface area contributed by atoms with Crippen molar-refractivity contribution in [3.8, 4) is 45.3 Å². The average Bonchev–Trinajstić information content (AvgIpc) is 3.01. The van der Waals surface area contributed by atoms with E-state index in [1.165, 1.54) is 0 Å². The van der Waals surface area contributed by atoms with Gasteiger partial charge in [-0.15, -0.1) is 0 Å². The van der Waals surface area contributed by atoms with E-state index < -0.39 is 15.2 Å². The van der Waals surface area contributed by atoms with Gasteiger partial charge < -0.3 is 18.1 Å². The zero-order chi connectivity index (χ0) is 28.3. The molecule has 0 N–H and O–H groups in total. The molecule has 2 aliphatic rings. The van der Waals surface area contributed by atoms with Crippen molar-refractivity contribution >= 4 is 36.6 Å². The monoisotopic (exact) mass is 588 g/mol. The van der Waals surface area contributed by atoms with E-state index in [9.17, 15) is 9.13 Å². The fourth-order valence-corrected chi connectivity index (χ4v) is 9.11. The molecule has 0 radical (unpaired) electrons. The number of fused-ring (bicyclic) bond motifs is 7. The summed E-state index contributed by atoms with van der Waals surface area (Å²) in [6.45, 7) is 0. The second kappa shape index (κ2) is 9.39. The summed E-state index contributed by atoms with van der Waals surface area (Å²) in [6.07, 6.45) is 0. The third kappa shape index (κ3) is 4.03. The fourth-order valence-electron chi connectivity index (χ4n) is 5.50. The number of para-hydroxylation sites is 2. The third-order valence-corrected chi connectivity index (χ3v) is 11.2. The molecule has 2 aliphatic heterocycles. The van der Waals surface area contributed by atoms with Crippen LogP contribution in [0.5, 0.6) is 23.0 Å². The minimum atomic E-state index is -3.75. The predicted octanol–water partition coefficient (Wildman–Crippen LogP) is 8.75. The van der Waals surface area contributed by atoms with Gasteiger partial charge in [0.25, 0.3) is 0 Å². The minimum Gasteiger partial charge on any atom is -0.413 e. The zero-order valence-corrected chi connectivity index (χ0v) is 23.8. The highest BCUT2D eigenvalue weighted by Gasteiger charge is 2.40. The molecule has 0 saturated carbocycles. The molecule has 204 valence electrons. The highest BCUT2D eigenvalue weighted by Crippen LogP contribution is 2.57. The van der Waals surface area contributed by atoms with Crippen LogP contribution < -0.4 is 28.7 Å². The van der Waals surface area contributed by atoms with Crippen LogP contribution in [-0.2, 0) is 9.13 Å². The van der Waals surface area contributed by atoms with E-state index in [1.807, 2.05) is 84.9 Å². The number of rotatable bonds is 4. The van der Waals surface area contributed by atoms with Crippen LogP contribution in [0.4, 0.5) is 0 Å². The summed E-state index contributed by atoms with van der Waals surface area (Å²) in [6, 6.07) is 40.6. The smallest absolute Gasteiger partial charge is 0.413 e. The summed E-state index contributed by atoms with van der Waals surface area (Å²) in [5.74, 6) is 1.76. The largest absolute Gasteiger partial charge is 0.463 e. The molecule has 0 fully saturated rings. The van der Waals surface area contributed by atoms with Crippen LogP contribution >= 0.6 is 15.2 Å². The maximum absolute atomic E-state index is 14.2. The van der Waals surface area contributed by atoms with Crippen molar-refractivity contribution < 1.29 is 27.2 Å². The summed E-state index contributed by atoms with van der Waals surface area (Å²) in [5, 5.41) is 2.66. The molecule has 0 aliphatic carbocycles. The van der Waals surface area contributed by atoms with Crippen molar-refractivity contribution in [1.29, 1.82) is 0 Å². The molecule has 0 bridgehead atoms. The van der Waals surface area contributed by atoms with Gasteiger partial charge in [-0.25, -0.2) is 9.13 Å². The van der Waals surface area contributed by atoms with E-state index in [1.54, 1.807) is 48.5 Å². The van der Waals surface area contributed by atoms with E-state index in [4.69, 9.17) is 18.1 Å². The zero-order valence-electron chi connectivity index (χ0n) is 22.0. The molecular weight excluding hydrogens is 566 g/mol. The molecule has 0 spiro atoms. The Kier molecular flexibility index (Phi) is 5.59. The normalized spacial score (nSPS) is 19.7. The standard InChI is InChI=1S/C34H22O6P2/c35-41(33-15-7-3-11-29(33)27-9-1-5-13-31(27)39-41)37-25-19-17-23-18-20-26(22-24(23)21-25)38-42(36)34-16-8-4-12-30(34)28-10-2-6-14-32(28)40-42/h1-22H. The molecule has 0 amide bonds. The van der Waals surface area contributed by atoms with Gasteiger partial charge in [-0.2, -0.15) is 0 Å². The number of benzene rings is 6. The van der Waals surface area contributed by atoms with Gasteiger partial charge in [0.05, 0.1) is 10.6 Å². The Balaban J connectivity index is 1.14. The summed E-state index contributed by atoms with van der Waals surface area (Å²) in [5.41, 5.74) is 3.37. The lowest BCUT2D eigenvalue weighted by Crippen LogP contribution is -2.21. The Morgan fingerprint density at radius 2 is 0.833 bits per heavy atom. The Bertz CT molecular complexity index is 1990. The van der Waals surface area contributed by atoms with Gasteiger partial charge in [0.15, 0.2) is 0 Å². The van der Waals surface area contributed by atoms with Crippen molar-refractivity contribution in [3.05, 3.63) is 133 Å². The Morgan fingerprint density at radius 1 is 0.429 bits per heavy atom. The summed E-state index contributed by atoms with van der Waals surface area (Å²) >= 11 is 0. The van der Waals surface area contributed by atoms with Crippen LogP contribution in [0, 0.1) is 0 Å². The summed E-state index contributed by atoms with van der Waals surface area (Å²) in [7, 11) is -7.50. The Hall–Kier alpha value is -4.76. The Morgan fingerprint density at radius 3 is 1.31 bits per heavy atom. The molecule has 6 aromatic carbocycles. The molecule has 2 atom stereocenters. The van der Waals surface area contributed by atoms with Crippen molar-refractivity contribution in [3.63, 3.8) is 0 Å². The van der Waals surface area contributed by atoms with Gasteiger partial charge in [0.1, 0.15) is 23.0 Å². The molecular formula is C34H22O6P2. The first-order chi connectivity index (χ1) is 20.5. The molecule has 6 aromatic rings. The van der Waals surface area contributed by atoms with Crippen molar-refractivity contribution in [2.75, 3.05) is 0 Å². The van der Waals surface area contributed by atoms with Gasteiger partial charge >= 0.3 is 15.2 Å². The molecule has 0 aromatic heterocycles. The van der Waals surface area contributed by atoms with Gasteiger partial charge in [-0.05, 0) is 59.3 Å². The lowest BCUT2D eigenvalue weighted by Gasteiger charge is -2.28. The maximum Gasteiger partial charge on any atom is 0.463 e. The summed E-state index contributed by atoms with van der Waals surface area (Å²) < 4.78 is 52.7. The highest BCUT2D eigenvalue weighted by atomic mass is 31.2. The van der Waals surface area contributed by atoms with Gasteiger partial charge in [0.2, 0.25) is 0 Å². The molecule has 6 nitrogen and oxygen atoms in total. The van der Waals surface area contributed by atoms with Crippen LogP contribution in [0.15, 0.2) is 133 Å². The first-order valence-corrected chi connectivity index (χ1v) is 16.5. The maximum atomic E-state index is 14.2. The van der Waals surface area contributed by atoms with Crippen LogP contribution in [0.25, 0.3) is 33.0 Å². The molecule has 42 heavy (non-hydrogen) atoms. The molecule has 2 unspecified atom stereocenters. The number of hydrogen-bond donors (Lipinski definition) is 0. The quantitative estimate of drug-likeness (QED) is 0.192. The van der Waals surface area contributed by atoms with Crippen LogP contribution in [0.3, 0.4) is 0 Å². The van der Waals surface area contributed by atoms with Crippen LogP contribution in [-0.4, -0.2) is 0 Å². The lowest BCUT2D eigenvalue weighted by molar-refractivity contribution is 0.397. The van der Waals surface area contributed by atoms with Crippen LogP contribution in [0.1, 0.15) is 0 Å². The third-order valence-electron chi connectivity index (χ3n) is 7.42. The van der Waals surface area contributed by atoms with E-state index in [0.29, 0.717) is 33.6 Å². The van der Waals surface area contributed by atoms with Crippen molar-refractivity contribution in [2.24, 2.45) is 0 Å². The predicted molar refractivity (Wildman–Crippen MR) is 165 cm³/mol. The van der Waals surface area contributed by atoms with Gasteiger partial charge in [0, 0.05) is 22.3 Å². The second-order valence-electron chi connectivity index (χ2n) is 10.1. The Labute approximate surface area is 242 Å². The minimum absolute atomic E-state index is 0.372. The van der Waals surface area contributed by atoms with Gasteiger partial charge in [-0.3, -0.25) is 0 Å². The molecule has 0 saturated heterocycles. The van der Waals surface area contributed by atoms with E-state index >= 15 is 0 Å². The lowest BCUT2D eigenvalue weighted by atomic mass is 10.0. The molecule has 2 heterocycles. The van der Waals surface area contributed by atoms with Crippen molar-refractivity contribution in [1.82, 2.24) is 0 Å². The van der Waals surface area contributed by atoms with E-state index in [2.05, 4.69) is 0 Å². The SMILES string of the molecule is O=P1(Oc2ccc3ccc(OP4(=O)Oc5ccccc5-c5ccccc54)cc3c2)Oc2ccccc2-c2ccccc21. The molecule has 8 heteroatoms. The fraction of sp³-hybridized carbons (Fsp3) is 0. The highest BCUT2D eigenvalue weighted by molar-refractivity contribution is 7.63. The van der Waals surface area contributed by atoms with E-state index in [-0.39, 0.29) is 0 Å². The second-order valence-corrected chi connectivity index (χ2v) is 13.7. The average molecular weight is 588 g/mol. The number of hydrogen-bond acceptors (Lipinski definition) is 6.